The van der Waals surface area contributed by atoms with Crippen molar-refractivity contribution in [2.45, 2.75) is 45.3 Å². The number of nitrogens with zero attached hydrogens (tertiary/aromatic N) is 4. The third-order valence-electron chi connectivity index (χ3n) is 5.69. The Kier molecular flexibility index (Phi) is 5.88. The highest BCUT2D eigenvalue weighted by molar-refractivity contribution is 5.36. The minimum Gasteiger partial charge on any atom is -0.383 e. The van der Waals surface area contributed by atoms with Crippen LogP contribution >= 0.6 is 0 Å². The second-order valence-corrected chi connectivity index (χ2v) is 7.43. The number of hydrogen-bond acceptors (Lipinski definition) is 4. The summed E-state index contributed by atoms with van der Waals surface area (Å²) in [5.41, 5.74) is 5.21. The smallest absolute Gasteiger partial charge is 0.122 e. The molecule has 1 atom stereocenters. The first-order valence-electron chi connectivity index (χ1n) is 10.1. The predicted octanol–water partition coefficient (Wildman–Crippen LogP) is 3.35. The monoisotopic (exact) mass is 379 g/mol. The topological polar surface area (TPSA) is 59.0 Å². The van der Waals surface area contributed by atoms with Crippen LogP contribution in [0.5, 0.6) is 0 Å². The van der Waals surface area contributed by atoms with Crippen LogP contribution < -0.4 is 0 Å². The van der Waals surface area contributed by atoms with Crippen LogP contribution in [0, 0.1) is 0 Å². The molecule has 1 N–H and O–H groups in total. The Bertz CT molecular complexity index is 885. The van der Waals surface area contributed by atoms with Crippen LogP contribution in [0.25, 0.3) is 0 Å². The van der Waals surface area contributed by atoms with E-state index in [1.54, 1.807) is 7.11 Å². The normalized spacial score (nSPS) is 15.5. The maximum Gasteiger partial charge on any atom is 0.122 e. The van der Waals surface area contributed by atoms with Crippen molar-refractivity contribution in [3.63, 3.8) is 0 Å². The van der Waals surface area contributed by atoms with E-state index in [0.717, 1.165) is 44.8 Å². The molecule has 4 rings (SSSR count). The molecule has 0 spiro atoms. The summed E-state index contributed by atoms with van der Waals surface area (Å²) in [5, 5.41) is 8.06. The van der Waals surface area contributed by atoms with Gasteiger partial charge in [-0.25, -0.2) is 4.98 Å². The largest absolute Gasteiger partial charge is 0.383 e. The Morgan fingerprint density at radius 2 is 2.11 bits per heavy atom. The number of hydrogen-bond donors (Lipinski definition) is 1. The maximum absolute atomic E-state index is 5.22. The number of methoxy groups -OCH3 is 1. The second kappa shape index (κ2) is 8.71. The molecule has 1 aliphatic heterocycles. The molecule has 0 fully saturated rings. The van der Waals surface area contributed by atoms with Gasteiger partial charge >= 0.3 is 0 Å². The van der Waals surface area contributed by atoms with Crippen molar-refractivity contribution in [2.24, 2.45) is 0 Å². The van der Waals surface area contributed by atoms with Crippen LogP contribution in [0.15, 0.2) is 42.7 Å². The van der Waals surface area contributed by atoms with Crippen LogP contribution in [0.1, 0.15) is 47.6 Å². The molecule has 0 unspecified atom stereocenters. The van der Waals surface area contributed by atoms with Gasteiger partial charge < -0.3 is 9.30 Å². The molecule has 3 aromatic rings. The van der Waals surface area contributed by atoms with E-state index in [2.05, 4.69) is 56.8 Å². The van der Waals surface area contributed by atoms with Crippen molar-refractivity contribution in [1.29, 1.82) is 0 Å². The SMILES string of the molecule is CC[C@H](c1ccccc1)c1n[nH]c2c1CN(Cc1nccn1CCOC)CC2. The zero-order valence-corrected chi connectivity index (χ0v) is 16.8. The van der Waals surface area contributed by atoms with Crippen molar-refractivity contribution in [3.05, 3.63) is 71.1 Å². The highest BCUT2D eigenvalue weighted by atomic mass is 16.5. The number of imidazole rings is 1. The van der Waals surface area contributed by atoms with Crippen LogP contribution in [0.2, 0.25) is 0 Å². The van der Waals surface area contributed by atoms with E-state index in [9.17, 15) is 0 Å². The van der Waals surface area contributed by atoms with Crippen LogP contribution in [-0.2, 0) is 30.8 Å². The van der Waals surface area contributed by atoms with Gasteiger partial charge in [0.2, 0.25) is 0 Å². The fraction of sp³-hybridized carbons (Fsp3) is 0.455. The molecule has 28 heavy (non-hydrogen) atoms. The molecule has 6 nitrogen and oxygen atoms in total. The summed E-state index contributed by atoms with van der Waals surface area (Å²) in [6.45, 7) is 6.58. The molecular weight excluding hydrogens is 350 g/mol. The van der Waals surface area contributed by atoms with E-state index >= 15 is 0 Å². The standard InChI is InChI=1S/C22H29N5O/c1-3-18(17-7-5-4-6-8-17)22-19-15-26(11-9-20(19)24-25-22)16-21-23-10-12-27(21)13-14-28-2/h4-8,10,12,18H,3,9,11,13-16H2,1-2H3,(H,24,25)/t18-/m1/s1. The molecule has 6 heteroatoms. The summed E-state index contributed by atoms with van der Waals surface area (Å²) >= 11 is 0. The first kappa shape index (κ1) is 18.9. The summed E-state index contributed by atoms with van der Waals surface area (Å²) in [5.74, 6) is 1.44. The van der Waals surface area contributed by atoms with E-state index in [1.165, 1.54) is 22.5 Å². The number of nitrogens with one attached hydrogen (secondary N) is 1. The van der Waals surface area contributed by atoms with Gasteiger partial charge in [0, 0.05) is 62.7 Å². The molecule has 148 valence electrons. The molecule has 0 saturated heterocycles. The Labute approximate surface area is 166 Å². The maximum atomic E-state index is 5.22. The van der Waals surface area contributed by atoms with Gasteiger partial charge in [0.25, 0.3) is 0 Å². The van der Waals surface area contributed by atoms with Gasteiger partial charge in [-0.2, -0.15) is 5.10 Å². The molecule has 2 aromatic heterocycles. The van der Waals surface area contributed by atoms with Crippen molar-refractivity contribution >= 4 is 0 Å². The molecule has 1 aliphatic rings. The van der Waals surface area contributed by atoms with Gasteiger partial charge in [0.15, 0.2) is 0 Å². The number of aromatic nitrogens is 4. The van der Waals surface area contributed by atoms with Crippen molar-refractivity contribution < 1.29 is 4.74 Å². The van der Waals surface area contributed by atoms with Gasteiger partial charge in [-0.1, -0.05) is 37.3 Å². The fourth-order valence-corrected chi connectivity index (χ4v) is 4.15. The van der Waals surface area contributed by atoms with E-state index in [1.807, 2.05) is 12.4 Å². The molecule has 0 saturated carbocycles. The minimum atomic E-state index is 0.338. The molecule has 3 heterocycles. The molecule has 0 bridgehead atoms. The van der Waals surface area contributed by atoms with Gasteiger partial charge in [0.05, 0.1) is 18.8 Å². The van der Waals surface area contributed by atoms with E-state index < -0.39 is 0 Å². The molecule has 0 aliphatic carbocycles. The number of rotatable bonds is 8. The Morgan fingerprint density at radius 3 is 2.89 bits per heavy atom. The molecule has 0 radical (unpaired) electrons. The number of aromatic amines is 1. The van der Waals surface area contributed by atoms with E-state index in [4.69, 9.17) is 9.84 Å². The number of benzene rings is 1. The third-order valence-corrected chi connectivity index (χ3v) is 5.69. The first-order chi connectivity index (χ1) is 13.8. The zero-order chi connectivity index (χ0) is 19.3. The lowest BCUT2D eigenvalue weighted by Crippen LogP contribution is -2.31. The average Bonchev–Trinajstić information content (AvgIpc) is 3.35. The number of H-pyrrole nitrogens is 1. The van der Waals surface area contributed by atoms with Gasteiger partial charge in [-0.3, -0.25) is 10.00 Å². The van der Waals surface area contributed by atoms with Crippen molar-refractivity contribution in [2.75, 3.05) is 20.3 Å². The fourth-order valence-electron chi connectivity index (χ4n) is 4.15. The minimum absolute atomic E-state index is 0.338. The Balaban J connectivity index is 1.53. The lowest BCUT2D eigenvalue weighted by molar-refractivity contribution is 0.182. The average molecular weight is 380 g/mol. The van der Waals surface area contributed by atoms with Gasteiger partial charge in [0.1, 0.15) is 5.82 Å². The highest BCUT2D eigenvalue weighted by Crippen LogP contribution is 2.32. The number of fused-ring (bicyclic) bond motifs is 1. The number of ether oxygens (including phenoxy) is 1. The zero-order valence-electron chi connectivity index (χ0n) is 16.8. The van der Waals surface area contributed by atoms with Gasteiger partial charge in [-0.05, 0) is 12.0 Å². The molecule has 0 amide bonds. The summed E-state index contributed by atoms with van der Waals surface area (Å²) in [4.78, 5) is 7.05. The van der Waals surface area contributed by atoms with Crippen LogP contribution in [0.3, 0.4) is 0 Å². The highest BCUT2D eigenvalue weighted by Gasteiger charge is 2.27. The van der Waals surface area contributed by atoms with Gasteiger partial charge in [-0.15, -0.1) is 0 Å². The summed E-state index contributed by atoms with van der Waals surface area (Å²) < 4.78 is 7.41. The first-order valence-corrected chi connectivity index (χ1v) is 10.1. The third kappa shape index (κ3) is 3.88. The molecular formula is C22H29N5O. The predicted molar refractivity (Wildman–Crippen MR) is 109 cm³/mol. The summed E-state index contributed by atoms with van der Waals surface area (Å²) in [7, 11) is 1.74. The van der Waals surface area contributed by atoms with Crippen molar-refractivity contribution in [1.82, 2.24) is 24.6 Å². The lowest BCUT2D eigenvalue weighted by atomic mass is 9.89. The van der Waals surface area contributed by atoms with Crippen molar-refractivity contribution in [3.8, 4) is 0 Å². The Morgan fingerprint density at radius 1 is 1.25 bits per heavy atom. The molecule has 1 aromatic carbocycles. The summed E-state index contributed by atoms with van der Waals surface area (Å²) in [6, 6.07) is 10.7. The van der Waals surface area contributed by atoms with Crippen LogP contribution in [0.4, 0.5) is 0 Å². The van der Waals surface area contributed by atoms with E-state index in [-0.39, 0.29) is 0 Å². The van der Waals surface area contributed by atoms with E-state index in [0.29, 0.717) is 12.5 Å². The van der Waals surface area contributed by atoms with Crippen LogP contribution in [-0.4, -0.2) is 44.9 Å². The Hall–Kier alpha value is -2.44. The lowest BCUT2D eigenvalue weighted by Gasteiger charge is -2.28. The second-order valence-electron chi connectivity index (χ2n) is 7.43. The summed E-state index contributed by atoms with van der Waals surface area (Å²) in [6.07, 6.45) is 5.97. The quantitative estimate of drug-likeness (QED) is 0.652.